The zero-order valence-corrected chi connectivity index (χ0v) is 18.2. The second-order valence-corrected chi connectivity index (χ2v) is 7.57. The van der Waals surface area contributed by atoms with Crippen molar-refractivity contribution in [3.8, 4) is 11.1 Å². The van der Waals surface area contributed by atoms with Gasteiger partial charge in [-0.25, -0.2) is 4.79 Å². The number of aliphatic carboxylic acids is 1. The molecule has 0 aliphatic heterocycles. The second kappa shape index (κ2) is 11.1. The Morgan fingerprint density at radius 3 is 2.15 bits per heavy atom. The second-order valence-electron chi connectivity index (χ2n) is 7.57. The van der Waals surface area contributed by atoms with E-state index in [1.54, 1.807) is 0 Å². The van der Waals surface area contributed by atoms with Gasteiger partial charge in [-0.2, -0.15) is 0 Å². The molecule has 174 valence electrons. The van der Waals surface area contributed by atoms with Crippen molar-refractivity contribution in [2.75, 3.05) is 20.3 Å². The van der Waals surface area contributed by atoms with Crippen LogP contribution < -0.4 is 10.6 Å². The van der Waals surface area contributed by atoms with Gasteiger partial charge in [0.25, 0.3) is 0 Å². The van der Waals surface area contributed by atoms with Crippen LogP contribution >= 0.6 is 0 Å². The Bertz CT molecular complexity index is 991. The first-order chi connectivity index (χ1) is 15.9. The number of alkyl carbamates (subject to hydrolysis) is 1. The minimum absolute atomic E-state index is 0.00144. The molecular formula is C24H26N2O7. The van der Waals surface area contributed by atoms with E-state index in [-0.39, 0.29) is 38.3 Å². The van der Waals surface area contributed by atoms with E-state index in [4.69, 9.17) is 9.84 Å². The topological polar surface area (TPSA) is 131 Å². The minimum atomic E-state index is -1.12. The van der Waals surface area contributed by atoms with Crippen LogP contribution in [0.15, 0.2) is 48.5 Å². The molecule has 0 saturated heterocycles. The average Bonchev–Trinajstić information content (AvgIpc) is 3.13. The first-order valence-electron chi connectivity index (χ1n) is 10.6. The molecule has 0 heterocycles. The largest absolute Gasteiger partial charge is 0.481 e. The standard InChI is InChI=1S/C24H26N2O7/c1-32-22(29)12-13-25-23(30)20(10-11-21(27)28)26-24(31)33-14-19-17-8-4-2-6-15(17)16-7-3-5-9-18(16)19/h2-9,19-20H,10-14H2,1H3,(H,25,30)(H,26,31)(H,27,28). The summed E-state index contributed by atoms with van der Waals surface area (Å²) in [6.45, 7) is 0.0664. The van der Waals surface area contributed by atoms with Gasteiger partial charge in [-0.3, -0.25) is 14.4 Å². The van der Waals surface area contributed by atoms with Crippen LogP contribution in [0.5, 0.6) is 0 Å². The molecule has 1 aliphatic rings. The molecule has 0 saturated carbocycles. The molecule has 1 aliphatic carbocycles. The summed E-state index contributed by atoms with van der Waals surface area (Å²) in [5.74, 6) is -2.35. The van der Waals surface area contributed by atoms with Crippen LogP contribution in [-0.4, -0.2) is 55.3 Å². The van der Waals surface area contributed by atoms with Gasteiger partial charge in [-0.15, -0.1) is 0 Å². The fraction of sp³-hybridized carbons (Fsp3) is 0.333. The molecule has 0 aromatic heterocycles. The number of rotatable bonds is 10. The zero-order valence-electron chi connectivity index (χ0n) is 18.2. The third-order valence-electron chi connectivity index (χ3n) is 5.46. The molecule has 9 heteroatoms. The lowest BCUT2D eigenvalue weighted by molar-refractivity contribution is -0.140. The highest BCUT2D eigenvalue weighted by Gasteiger charge is 2.30. The number of carboxylic acid groups (broad SMARTS) is 1. The van der Waals surface area contributed by atoms with Crippen LogP contribution in [0.25, 0.3) is 11.1 Å². The van der Waals surface area contributed by atoms with Crippen molar-refractivity contribution in [3.63, 3.8) is 0 Å². The lowest BCUT2D eigenvalue weighted by Gasteiger charge is -2.19. The van der Waals surface area contributed by atoms with Crippen LogP contribution in [0, 0.1) is 0 Å². The van der Waals surface area contributed by atoms with Gasteiger partial charge in [-0.05, 0) is 28.7 Å². The van der Waals surface area contributed by atoms with Crippen molar-refractivity contribution < 1.29 is 33.8 Å². The van der Waals surface area contributed by atoms with Crippen LogP contribution in [0.4, 0.5) is 4.79 Å². The number of benzene rings is 2. The number of hydrogen-bond donors (Lipinski definition) is 3. The molecule has 0 spiro atoms. The SMILES string of the molecule is COC(=O)CCNC(=O)C(CCC(=O)O)NC(=O)OCC1c2ccccc2-c2ccccc21. The van der Waals surface area contributed by atoms with Gasteiger partial charge in [0.05, 0.1) is 13.5 Å². The average molecular weight is 454 g/mol. The van der Waals surface area contributed by atoms with Gasteiger partial charge in [0, 0.05) is 18.9 Å². The summed E-state index contributed by atoms with van der Waals surface area (Å²) in [4.78, 5) is 47.1. The maximum absolute atomic E-state index is 12.5. The number of nitrogens with one attached hydrogen (secondary N) is 2. The highest BCUT2D eigenvalue weighted by molar-refractivity contribution is 5.86. The first kappa shape index (κ1) is 23.8. The molecule has 0 radical (unpaired) electrons. The lowest BCUT2D eigenvalue weighted by Crippen LogP contribution is -2.47. The smallest absolute Gasteiger partial charge is 0.407 e. The van der Waals surface area contributed by atoms with E-state index >= 15 is 0 Å². The maximum atomic E-state index is 12.5. The predicted octanol–water partition coefficient (Wildman–Crippen LogP) is 2.44. The molecule has 2 aromatic rings. The van der Waals surface area contributed by atoms with E-state index in [0.717, 1.165) is 22.3 Å². The number of methoxy groups -OCH3 is 1. The molecule has 0 fully saturated rings. The molecule has 9 nitrogen and oxygen atoms in total. The third kappa shape index (κ3) is 6.09. The Labute approximate surface area is 191 Å². The number of hydrogen-bond acceptors (Lipinski definition) is 6. The number of fused-ring (bicyclic) bond motifs is 3. The number of amides is 2. The summed E-state index contributed by atoms with van der Waals surface area (Å²) >= 11 is 0. The van der Waals surface area contributed by atoms with Gasteiger partial charge in [0.1, 0.15) is 12.6 Å². The normalized spacial score (nSPS) is 12.8. The number of carbonyl (C=O) groups excluding carboxylic acids is 3. The first-order valence-corrected chi connectivity index (χ1v) is 10.6. The third-order valence-corrected chi connectivity index (χ3v) is 5.46. The van der Waals surface area contributed by atoms with E-state index in [9.17, 15) is 19.2 Å². The fourth-order valence-electron chi connectivity index (χ4n) is 3.83. The fourth-order valence-corrected chi connectivity index (χ4v) is 3.83. The van der Waals surface area contributed by atoms with E-state index in [1.165, 1.54) is 7.11 Å². The van der Waals surface area contributed by atoms with Crippen LogP contribution in [0.2, 0.25) is 0 Å². The van der Waals surface area contributed by atoms with Crippen molar-refractivity contribution in [1.82, 2.24) is 10.6 Å². The summed E-state index contributed by atoms with van der Waals surface area (Å²) in [5.41, 5.74) is 4.28. The predicted molar refractivity (Wildman–Crippen MR) is 119 cm³/mol. The maximum Gasteiger partial charge on any atom is 0.407 e. The molecule has 1 unspecified atom stereocenters. The van der Waals surface area contributed by atoms with E-state index < -0.39 is 30.0 Å². The van der Waals surface area contributed by atoms with E-state index in [2.05, 4.69) is 15.4 Å². The van der Waals surface area contributed by atoms with Crippen molar-refractivity contribution in [3.05, 3.63) is 59.7 Å². The molecule has 33 heavy (non-hydrogen) atoms. The highest BCUT2D eigenvalue weighted by atomic mass is 16.5. The summed E-state index contributed by atoms with van der Waals surface area (Å²) < 4.78 is 9.94. The Morgan fingerprint density at radius 1 is 0.970 bits per heavy atom. The number of carboxylic acids is 1. The number of ether oxygens (including phenoxy) is 2. The van der Waals surface area contributed by atoms with Gasteiger partial charge in [0.15, 0.2) is 0 Å². The molecule has 2 aromatic carbocycles. The molecule has 0 bridgehead atoms. The van der Waals surface area contributed by atoms with Crippen LogP contribution in [0.1, 0.15) is 36.3 Å². The summed E-state index contributed by atoms with van der Waals surface area (Å²) in [6, 6.07) is 14.7. The van der Waals surface area contributed by atoms with Crippen molar-refractivity contribution in [2.45, 2.75) is 31.2 Å². The van der Waals surface area contributed by atoms with Gasteiger partial charge >= 0.3 is 18.0 Å². The van der Waals surface area contributed by atoms with Gasteiger partial charge in [-0.1, -0.05) is 48.5 Å². The van der Waals surface area contributed by atoms with E-state index in [1.807, 2.05) is 48.5 Å². The zero-order chi connectivity index (χ0) is 23.8. The lowest BCUT2D eigenvalue weighted by atomic mass is 9.98. The van der Waals surface area contributed by atoms with Crippen molar-refractivity contribution in [1.29, 1.82) is 0 Å². The molecule has 1 atom stereocenters. The Morgan fingerprint density at radius 2 is 1.58 bits per heavy atom. The van der Waals surface area contributed by atoms with Gasteiger partial charge < -0.3 is 25.2 Å². The summed E-state index contributed by atoms with van der Waals surface area (Å²) in [6.07, 6.45) is -1.31. The molecule has 3 rings (SSSR count). The van der Waals surface area contributed by atoms with Crippen molar-refractivity contribution >= 4 is 23.9 Å². The van der Waals surface area contributed by atoms with E-state index in [0.29, 0.717) is 0 Å². The molecular weight excluding hydrogens is 428 g/mol. The van der Waals surface area contributed by atoms with Crippen molar-refractivity contribution in [2.24, 2.45) is 0 Å². The summed E-state index contributed by atoms with van der Waals surface area (Å²) in [5, 5.41) is 13.9. The Hall–Kier alpha value is -3.88. The van der Waals surface area contributed by atoms with Crippen LogP contribution in [-0.2, 0) is 23.9 Å². The molecule has 2 amide bonds. The number of carbonyl (C=O) groups is 4. The van der Waals surface area contributed by atoms with Gasteiger partial charge in [0.2, 0.25) is 5.91 Å². The highest BCUT2D eigenvalue weighted by Crippen LogP contribution is 2.44. The minimum Gasteiger partial charge on any atom is -0.481 e. The Kier molecular flexibility index (Phi) is 8.01. The number of esters is 1. The quantitative estimate of drug-likeness (QED) is 0.470. The Balaban J connectivity index is 1.61. The van der Waals surface area contributed by atoms with Crippen LogP contribution in [0.3, 0.4) is 0 Å². The summed E-state index contributed by atoms with van der Waals surface area (Å²) in [7, 11) is 1.23. The molecule has 3 N–H and O–H groups in total. The monoisotopic (exact) mass is 454 g/mol.